The second kappa shape index (κ2) is 2.74. The van der Waals surface area contributed by atoms with E-state index in [1.807, 2.05) is 6.92 Å². The molecule has 0 aliphatic rings. The molecular weight excluding hydrogens is 144 g/mol. The molecule has 0 saturated heterocycles. The molecule has 0 unspecified atom stereocenters. The molecule has 0 spiro atoms. The number of rotatable bonds is 2. The van der Waals surface area contributed by atoms with Crippen molar-refractivity contribution in [3.05, 3.63) is 18.2 Å². The highest BCUT2D eigenvalue weighted by molar-refractivity contribution is 5.84. The summed E-state index contributed by atoms with van der Waals surface area (Å²) in [4.78, 5) is 10.6. The Bertz CT molecular complexity index is 278. The number of carboxylic acids is 1. The topological polar surface area (TPSA) is 46.1 Å². The Labute approximate surface area is 64.7 Å². The average molecular weight is 155 g/mol. The lowest BCUT2D eigenvalue weighted by Gasteiger charge is -1.89. The number of aryl methyl sites for hydroxylation is 2. The molecule has 0 aromatic carbocycles. The molecule has 1 rings (SSSR count). The molecule has 0 aliphatic heterocycles. The third kappa shape index (κ3) is 1.39. The van der Waals surface area contributed by atoms with Gasteiger partial charge in [-0.3, -0.25) is 0 Å². The van der Waals surface area contributed by atoms with Crippen LogP contribution in [0, 0.1) is 0 Å². The monoisotopic (exact) mass is 155 g/mol. The summed E-state index contributed by atoms with van der Waals surface area (Å²) in [5.41, 5.74) is 0.329. The van der Waals surface area contributed by atoms with Gasteiger partial charge in [0.15, 0.2) is 0 Å². The number of nitrogens with zero attached hydrogens (tertiary/aromatic N) is 2. The van der Waals surface area contributed by atoms with Gasteiger partial charge in [0.1, 0.15) is 6.20 Å². The Morgan fingerprint density at radius 2 is 2.45 bits per heavy atom. The molecule has 1 heterocycles. The first-order valence-corrected chi connectivity index (χ1v) is 3.44. The van der Waals surface area contributed by atoms with Crippen molar-refractivity contribution < 1.29 is 14.5 Å². The van der Waals surface area contributed by atoms with Crippen LogP contribution in [0.5, 0.6) is 0 Å². The number of carbonyl (C=O) groups is 1. The van der Waals surface area contributed by atoms with E-state index in [4.69, 9.17) is 5.11 Å². The van der Waals surface area contributed by atoms with Crippen LogP contribution >= 0.6 is 0 Å². The minimum Gasteiger partial charge on any atom is -0.475 e. The molecule has 0 fully saturated rings. The van der Waals surface area contributed by atoms with E-state index in [1.165, 1.54) is 0 Å². The molecule has 11 heavy (non-hydrogen) atoms. The zero-order chi connectivity index (χ0) is 8.43. The van der Waals surface area contributed by atoms with E-state index in [0.717, 1.165) is 0 Å². The summed E-state index contributed by atoms with van der Waals surface area (Å²) in [5, 5.41) is 8.68. The fourth-order valence-corrected chi connectivity index (χ4v) is 1.01. The first kappa shape index (κ1) is 7.78. The average Bonchev–Trinajstić information content (AvgIpc) is 2.30. The van der Waals surface area contributed by atoms with Crippen molar-refractivity contribution in [2.75, 3.05) is 0 Å². The molecule has 0 amide bonds. The van der Waals surface area contributed by atoms with Crippen LogP contribution in [0.4, 0.5) is 0 Å². The van der Waals surface area contributed by atoms with Crippen molar-refractivity contribution in [1.82, 2.24) is 4.57 Å². The molecule has 0 saturated carbocycles. The Morgan fingerprint density at radius 1 is 1.82 bits per heavy atom. The van der Waals surface area contributed by atoms with Crippen molar-refractivity contribution >= 4 is 5.97 Å². The van der Waals surface area contributed by atoms with Crippen LogP contribution in [0.1, 0.15) is 17.4 Å². The van der Waals surface area contributed by atoms with Gasteiger partial charge in [0.05, 0.1) is 13.6 Å². The van der Waals surface area contributed by atoms with Crippen molar-refractivity contribution in [3.63, 3.8) is 0 Å². The minimum absolute atomic E-state index is 0.329. The summed E-state index contributed by atoms with van der Waals surface area (Å²) >= 11 is 0. The molecule has 1 N–H and O–H groups in total. The van der Waals surface area contributed by atoms with Gasteiger partial charge in [-0.15, -0.1) is 0 Å². The first-order valence-electron chi connectivity index (χ1n) is 3.44. The van der Waals surface area contributed by atoms with E-state index >= 15 is 0 Å². The summed E-state index contributed by atoms with van der Waals surface area (Å²) in [7, 11) is 1.80. The van der Waals surface area contributed by atoms with Crippen molar-refractivity contribution in [1.29, 1.82) is 0 Å². The number of aromatic nitrogens is 2. The third-order valence-electron chi connectivity index (χ3n) is 1.52. The van der Waals surface area contributed by atoms with E-state index in [2.05, 4.69) is 0 Å². The standard InChI is InChI=1S/C7H10N2O2/c1-3-9-5-8(2)4-6(9)7(10)11/h4-5H,3H2,1-2H3/p+1. The summed E-state index contributed by atoms with van der Waals surface area (Å²) in [5.74, 6) is -0.882. The van der Waals surface area contributed by atoms with Crippen LogP contribution < -0.4 is 4.57 Å². The number of hydrogen-bond acceptors (Lipinski definition) is 1. The number of carboxylic acid groups (broad SMARTS) is 1. The highest BCUT2D eigenvalue weighted by atomic mass is 16.4. The third-order valence-corrected chi connectivity index (χ3v) is 1.52. The van der Waals surface area contributed by atoms with Crippen molar-refractivity contribution in [2.24, 2.45) is 7.05 Å². The van der Waals surface area contributed by atoms with Gasteiger partial charge in [0, 0.05) is 0 Å². The molecule has 0 atom stereocenters. The van der Waals surface area contributed by atoms with E-state index in [-0.39, 0.29) is 0 Å². The predicted molar refractivity (Wildman–Crippen MR) is 38.2 cm³/mol. The summed E-state index contributed by atoms with van der Waals surface area (Å²) in [6, 6.07) is 0. The molecule has 4 heteroatoms. The second-order valence-electron chi connectivity index (χ2n) is 2.39. The lowest BCUT2D eigenvalue weighted by molar-refractivity contribution is -0.671. The molecule has 60 valence electrons. The normalized spacial score (nSPS) is 10.0. The van der Waals surface area contributed by atoms with Crippen LogP contribution in [0.25, 0.3) is 0 Å². The first-order chi connectivity index (χ1) is 5.15. The maximum absolute atomic E-state index is 10.6. The second-order valence-corrected chi connectivity index (χ2v) is 2.39. The van der Waals surface area contributed by atoms with Gasteiger partial charge in [0.25, 0.3) is 5.69 Å². The van der Waals surface area contributed by atoms with Gasteiger partial charge >= 0.3 is 5.97 Å². The van der Waals surface area contributed by atoms with Gasteiger partial charge in [-0.05, 0) is 6.92 Å². The molecule has 0 bridgehead atoms. The lowest BCUT2D eigenvalue weighted by atomic mass is 10.5. The number of imidazole rings is 1. The van der Waals surface area contributed by atoms with Gasteiger partial charge in [-0.25, -0.2) is 13.9 Å². The zero-order valence-electron chi connectivity index (χ0n) is 6.61. The van der Waals surface area contributed by atoms with Crippen LogP contribution in [0.15, 0.2) is 12.5 Å². The van der Waals surface area contributed by atoms with Crippen molar-refractivity contribution in [2.45, 2.75) is 13.5 Å². The smallest absolute Gasteiger partial charge is 0.379 e. The molecule has 0 aliphatic carbocycles. The molecular formula is C7H11N2O2+. The van der Waals surface area contributed by atoms with Crippen LogP contribution in [-0.2, 0) is 13.6 Å². The van der Waals surface area contributed by atoms with Crippen LogP contribution in [0.3, 0.4) is 0 Å². The highest BCUT2D eigenvalue weighted by Gasteiger charge is 2.16. The number of hydrogen-bond donors (Lipinski definition) is 1. The summed E-state index contributed by atoms with van der Waals surface area (Å²) in [6.07, 6.45) is 3.34. The molecule has 0 radical (unpaired) electrons. The predicted octanol–water partition coefficient (Wildman–Crippen LogP) is 0.0307. The van der Waals surface area contributed by atoms with E-state index in [1.54, 1.807) is 28.7 Å². The van der Waals surface area contributed by atoms with Crippen molar-refractivity contribution in [3.8, 4) is 0 Å². The summed E-state index contributed by atoms with van der Waals surface area (Å²) < 4.78 is 3.41. The molecule has 4 nitrogen and oxygen atoms in total. The van der Waals surface area contributed by atoms with Crippen LogP contribution in [0.2, 0.25) is 0 Å². The SMILES string of the molecule is CCn1c[n+](C)cc1C(=O)O. The largest absolute Gasteiger partial charge is 0.475 e. The van der Waals surface area contributed by atoms with E-state index in [0.29, 0.717) is 12.2 Å². The lowest BCUT2D eigenvalue weighted by Crippen LogP contribution is -2.23. The summed E-state index contributed by atoms with van der Waals surface area (Å²) in [6.45, 7) is 2.59. The van der Waals surface area contributed by atoms with E-state index < -0.39 is 5.97 Å². The minimum atomic E-state index is -0.882. The van der Waals surface area contributed by atoms with Gasteiger partial charge in [-0.2, -0.15) is 0 Å². The maximum atomic E-state index is 10.6. The van der Waals surface area contributed by atoms with Gasteiger partial charge < -0.3 is 5.11 Å². The Balaban J connectivity index is 3.12. The fraction of sp³-hybridized carbons (Fsp3) is 0.429. The Kier molecular flexibility index (Phi) is 1.94. The Morgan fingerprint density at radius 3 is 2.82 bits per heavy atom. The maximum Gasteiger partial charge on any atom is 0.379 e. The zero-order valence-corrected chi connectivity index (χ0v) is 6.61. The molecule has 1 aromatic heterocycles. The fourth-order valence-electron chi connectivity index (χ4n) is 1.01. The van der Waals surface area contributed by atoms with Gasteiger partial charge in [0.2, 0.25) is 6.33 Å². The van der Waals surface area contributed by atoms with E-state index in [9.17, 15) is 4.79 Å². The Hall–Kier alpha value is -1.32. The quantitative estimate of drug-likeness (QED) is 0.612. The highest BCUT2D eigenvalue weighted by Crippen LogP contribution is 1.95. The molecule has 1 aromatic rings. The van der Waals surface area contributed by atoms with Crippen LogP contribution in [-0.4, -0.2) is 15.6 Å². The number of aromatic carboxylic acids is 1. The van der Waals surface area contributed by atoms with Gasteiger partial charge in [-0.1, -0.05) is 0 Å².